The van der Waals surface area contributed by atoms with Gasteiger partial charge in [0.15, 0.2) is 16.4 Å². The van der Waals surface area contributed by atoms with Crippen molar-refractivity contribution in [2.45, 2.75) is 24.2 Å². The number of rotatable bonds is 5. The van der Waals surface area contributed by atoms with Crippen LogP contribution in [0, 0.1) is 0 Å². The summed E-state index contributed by atoms with van der Waals surface area (Å²) >= 11 is 0. The van der Waals surface area contributed by atoms with Crippen LogP contribution in [0.3, 0.4) is 0 Å². The maximum Gasteiger partial charge on any atom is 0.422 e. The maximum absolute atomic E-state index is 12.9. The highest BCUT2D eigenvalue weighted by Gasteiger charge is 2.33. The average Bonchev–Trinajstić information content (AvgIpc) is 2.58. The Hall–Kier alpha value is -2.37. The Morgan fingerprint density at radius 2 is 1.67 bits per heavy atom. The molecule has 0 radical (unpaired) electrons. The lowest BCUT2D eigenvalue weighted by atomic mass is 10.1. The molecule has 0 unspecified atom stereocenters. The van der Waals surface area contributed by atoms with Crippen LogP contribution in [0.2, 0.25) is 0 Å². The summed E-state index contributed by atoms with van der Waals surface area (Å²) in [6, 6.07) is 4.21. The molecule has 0 spiro atoms. The van der Waals surface area contributed by atoms with Crippen molar-refractivity contribution in [3.8, 4) is 17.1 Å². The molecule has 0 amide bonds. The molecule has 1 aromatic carbocycles. The maximum atomic E-state index is 12.9. The molecule has 12 heteroatoms. The summed E-state index contributed by atoms with van der Waals surface area (Å²) in [6.45, 7) is -0.337. The van der Waals surface area contributed by atoms with Gasteiger partial charge in [0.2, 0.25) is 5.88 Å². The molecule has 0 fully saturated rings. The van der Waals surface area contributed by atoms with Crippen molar-refractivity contribution in [2.24, 2.45) is 0 Å². The Morgan fingerprint density at radius 1 is 1.00 bits per heavy atom. The molecule has 2 aromatic rings. The summed E-state index contributed by atoms with van der Waals surface area (Å²) in [5.74, 6) is -0.926. The van der Waals surface area contributed by atoms with Gasteiger partial charge in [-0.3, -0.25) is 0 Å². The van der Waals surface area contributed by atoms with Gasteiger partial charge >= 0.3 is 12.4 Å². The zero-order chi connectivity index (χ0) is 20.5. The lowest BCUT2D eigenvalue weighted by Crippen LogP contribution is -2.19. The number of halogens is 6. The van der Waals surface area contributed by atoms with Crippen molar-refractivity contribution >= 4 is 9.84 Å². The van der Waals surface area contributed by atoms with Crippen LogP contribution in [0.15, 0.2) is 35.2 Å². The zero-order valence-corrected chi connectivity index (χ0v) is 14.4. The van der Waals surface area contributed by atoms with Crippen molar-refractivity contribution in [3.05, 3.63) is 35.9 Å². The number of ether oxygens (including phenoxy) is 1. The summed E-state index contributed by atoms with van der Waals surface area (Å²) in [6.07, 6.45) is -9.34. The highest BCUT2D eigenvalue weighted by atomic mass is 32.2. The summed E-state index contributed by atoms with van der Waals surface area (Å²) in [5.41, 5.74) is -1.44. The molecule has 0 bridgehead atoms. The Labute approximate surface area is 149 Å². The van der Waals surface area contributed by atoms with E-state index in [1.54, 1.807) is 0 Å². The number of benzene rings is 1. The summed E-state index contributed by atoms with van der Waals surface area (Å²) in [4.78, 5) is -0.599. The molecule has 0 aliphatic carbocycles. The van der Waals surface area contributed by atoms with Crippen LogP contribution >= 0.6 is 0 Å². The number of sulfone groups is 1. The van der Waals surface area contributed by atoms with E-state index < -0.39 is 50.9 Å². The minimum Gasteiger partial charge on any atom is -0.467 e. The fraction of sp³-hybridized carbons (Fsp3) is 0.333. The zero-order valence-electron chi connectivity index (χ0n) is 13.6. The third-order valence-corrected chi connectivity index (χ3v) is 5.09. The van der Waals surface area contributed by atoms with Crippen molar-refractivity contribution in [3.63, 3.8) is 0 Å². The highest BCUT2D eigenvalue weighted by Crippen LogP contribution is 2.35. The van der Waals surface area contributed by atoms with Crippen LogP contribution in [-0.4, -0.2) is 37.2 Å². The van der Waals surface area contributed by atoms with Crippen molar-refractivity contribution in [2.75, 3.05) is 12.4 Å². The molecule has 148 valence electrons. The SMILES string of the molecule is CCS(=O)(=O)c1cc(C(F)(F)F)ccc1-c1ccc(OCC(F)(F)F)nn1. The van der Waals surface area contributed by atoms with Gasteiger partial charge in [-0.05, 0) is 18.2 Å². The first-order valence-electron chi connectivity index (χ1n) is 7.31. The lowest BCUT2D eigenvalue weighted by molar-refractivity contribution is -0.154. The van der Waals surface area contributed by atoms with Gasteiger partial charge in [-0.25, -0.2) is 8.42 Å². The molecule has 1 aromatic heterocycles. The topological polar surface area (TPSA) is 69.2 Å². The molecule has 0 aliphatic rings. The number of aromatic nitrogens is 2. The van der Waals surface area contributed by atoms with Crippen LogP contribution in [0.1, 0.15) is 12.5 Å². The molecule has 0 N–H and O–H groups in total. The van der Waals surface area contributed by atoms with E-state index in [-0.39, 0.29) is 11.3 Å². The Balaban J connectivity index is 2.46. The van der Waals surface area contributed by atoms with Gasteiger partial charge in [0.05, 0.1) is 21.9 Å². The van der Waals surface area contributed by atoms with Crippen LogP contribution in [0.4, 0.5) is 26.3 Å². The number of nitrogens with zero attached hydrogens (tertiary/aromatic N) is 2. The van der Waals surface area contributed by atoms with Crippen LogP contribution < -0.4 is 4.74 Å². The summed E-state index contributed by atoms with van der Waals surface area (Å²) in [5, 5.41) is 6.95. The Morgan fingerprint density at radius 3 is 2.15 bits per heavy atom. The van der Waals surface area contributed by atoms with Gasteiger partial charge in [0.25, 0.3) is 0 Å². The molecular formula is C15H12F6N2O3S. The largest absolute Gasteiger partial charge is 0.467 e. The fourth-order valence-electron chi connectivity index (χ4n) is 2.02. The molecule has 27 heavy (non-hydrogen) atoms. The average molecular weight is 414 g/mol. The first-order valence-corrected chi connectivity index (χ1v) is 8.96. The van der Waals surface area contributed by atoms with Gasteiger partial charge in [-0.2, -0.15) is 26.3 Å². The van der Waals surface area contributed by atoms with Gasteiger partial charge in [0, 0.05) is 11.6 Å². The van der Waals surface area contributed by atoms with Gasteiger partial charge in [-0.1, -0.05) is 13.0 Å². The van der Waals surface area contributed by atoms with Gasteiger partial charge < -0.3 is 4.74 Å². The first kappa shape index (κ1) is 20.9. The van der Waals surface area contributed by atoms with Gasteiger partial charge in [0.1, 0.15) is 0 Å². The first-order chi connectivity index (χ1) is 12.3. The normalized spacial score (nSPS) is 12.9. The van der Waals surface area contributed by atoms with Crippen LogP contribution in [-0.2, 0) is 16.0 Å². The molecule has 0 saturated carbocycles. The van der Waals surface area contributed by atoms with Crippen LogP contribution in [0.5, 0.6) is 5.88 Å². The lowest BCUT2D eigenvalue weighted by Gasteiger charge is -2.13. The van der Waals surface area contributed by atoms with Crippen molar-refractivity contribution in [1.82, 2.24) is 10.2 Å². The second-order valence-electron chi connectivity index (χ2n) is 5.27. The number of hydrogen-bond acceptors (Lipinski definition) is 5. The minimum atomic E-state index is -4.75. The quantitative estimate of drug-likeness (QED) is 0.695. The van der Waals surface area contributed by atoms with E-state index in [0.717, 1.165) is 18.2 Å². The van der Waals surface area contributed by atoms with E-state index in [1.165, 1.54) is 6.92 Å². The highest BCUT2D eigenvalue weighted by molar-refractivity contribution is 7.91. The van der Waals surface area contributed by atoms with E-state index in [0.29, 0.717) is 12.1 Å². The molecule has 5 nitrogen and oxygen atoms in total. The summed E-state index contributed by atoms with van der Waals surface area (Å²) in [7, 11) is -4.05. The monoisotopic (exact) mass is 414 g/mol. The smallest absolute Gasteiger partial charge is 0.422 e. The Bertz CT molecular complexity index is 909. The van der Waals surface area contributed by atoms with E-state index in [4.69, 9.17) is 0 Å². The van der Waals surface area contributed by atoms with E-state index in [1.807, 2.05) is 0 Å². The standard InChI is InChI=1S/C15H12F6N2O3S/c1-2-27(24,25)12-7-9(15(19,20)21)3-4-10(12)11-5-6-13(23-22-11)26-8-14(16,17)18/h3-7H,2,8H2,1H3. The fourth-order valence-corrected chi connectivity index (χ4v) is 3.14. The predicted molar refractivity (Wildman–Crippen MR) is 81.7 cm³/mol. The second-order valence-corrected chi connectivity index (χ2v) is 7.52. The minimum absolute atomic E-state index is 0.130. The second kappa shape index (κ2) is 7.33. The molecule has 2 rings (SSSR count). The molecule has 1 heterocycles. The predicted octanol–water partition coefficient (Wildman–Crippen LogP) is 3.90. The van der Waals surface area contributed by atoms with E-state index in [2.05, 4.69) is 14.9 Å². The van der Waals surface area contributed by atoms with Crippen LogP contribution in [0.25, 0.3) is 11.3 Å². The summed E-state index contributed by atoms with van der Waals surface area (Å²) < 4.78 is 104. The number of alkyl halides is 6. The third-order valence-electron chi connectivity index (χ3n) is 3.32. The van der Waals surface area contributed by atoms with E-state index in [9.17, 15) is 34.8 Å². The molecular weight excluding hydrogens is 402 g/mol. The Kier molecular flexibility index (Phi) is 5.68. The third kappa shape index (κ3) is 5.31. The van der Waals surface area contributed by atoms with Crippen molar-refractivity contribution in [1.29, 1.82) is 0 Å². The molecule has 0 atom stereocenters. The van der Waals surface area contributed by atoms with Crippen molar-refractivity contribution < 1.29 is 39.5 Å². The van der Waals surface area contributed by atoms with E-state index >= 15 is 0 Å². The number of hydrogen-bond donors (Lipinski definition) is 0. The molecule has 0 aliphatic heterocycles. The molecule has 0 saturated heterocycles. The van der Waals surface area contributed by atoms with Gasteiger partial charge in [-0.15, -0.1) is 10.2 Å².